The van der Waals surface area contributed by atoms with E-state index in [1.54, 1.807) is 23.9 Å². The van der Waals surface area contributed by atoms with E-state index in [9.17, 15) is 9.59 Å². The molecule has 1 fully saturated rings. The Hall–Kier alpha value is -1.69. The molecule has 1 aromatic rings. The first-order valence-corrected chi connectivity index (χ1v) is 10.2. The third-order valence-corrected chi connectivity index (χ3v) is 4.97. The molecular formula is C19H28N2O3S. The molecule has 5 nitrogen and oxygen atoms in total. The molecule has 0 spiro atoms. The van der Waals surface area contributed by atoms with Crippen LogP contribution in [0.3, 0.4) is 0 Å². The van der Waals surface area contributed by atoms with E-state index in [4.69, 9.17) is 4.74 Å². The molecule has 1 N–H and O–H groups in total. The van der Waals surface area contributed by atoms with E-state index in [2.05, 4.69) is 12.2 Å². The number of likely N-dealkylation sites (tertiary alicyclic amines) is 1. The highest BCUT2D eigenvalue weighted by molar-refractivity contribution is 7.98. The van der Waals surface area contributed by atoms with Gasteiger partial charge in [0.15, 0.2) is 6.61 Å². The molecular weight excluding hydrogens is 336 g/mol. The SMILES string of the molecule is CSCC[C@H](NC(=O)COc1ccccc1)C(=O)N1CCC[C@@H](C)C1. The van der Waals surface area contributed by atoms with Crippen LogP contribution in [0.4, 0.5) is 0 Å². The number of ether oxygens (including phenoxy) is 1. The highest BCUT2D eigenvalue weighted by Crippen LogP contribution is 2.17. The Morgan fingerprint density at radius 2 is 2.12 bits per heavy atom. The zero-order valence-electron chi connectivity index (χ0n) is 15.1. The van der Waals surface area contributed by atoms with Gasteiger partial charge in [0.25, 0.3) is 5.91 Å². The van der Waals surface area contributed by atoms with Crippen LogP contribution in [-0.2, 0) is 9.59 Å². The molecule has 0 bridgehead atoms. The number of hydrogen-bond donors (Lipinski definition) is 1. The highest BCUT2D eigenvalue weighted by atomic mass is 32.2. The number of piperidine rings is 1. The fraction of sp³-hybridized carbons (Fsp3) is 0.579. The molecule has 1 aliphatic heterocycles. The molecule has 0 aliphatic carbocycles. The quantitative estimate of drug-likeness (QED) is 0.770. The van der Waals surface area contributed by atoms with Crippen molar-refractivity contribution in [2.24, 2.45) is 5.92 Å². The molecule has 25 heavy (non-hydrogen) atoms. The summed E-state index contributed by atoms with van der Waals surface area (Å²) >= 11 is 1.68. The number of nitrogens with one attached hydrogen (secondary N) is 1. The molecule has 2 amide bonds. The van der Waals surface area contributed by atoms with Gasteiger partial charge < -0.3 is 15.0 Å². The molecule has 2 rings (SSSR count). The standard InChI is InChI=1S/C19H28N2O3S/c1-15-7-6-11-21(13-15)19(23)17(10-12-25-2)20-18(22)14-24-16-8-4-3-5-9-16/h3-5,8-9,15,17H,6-7,10-14H2,1-2H3,(H,20,22)/t15-,17+/m1/s1. The molecule has 0 radical (unpaired) electrons. The largest absolute Gasteiger partial charge is 0.484 e. The number of benzene rings is 1. The van der Waals surface area contributed by atoms with Crippen molar-refractivity contribution in [2.45, 2.75) is 32.2 Å². The van der Waals surface area contributed by atoms with Crippen LogP contribution in [0.25, 0.3) is 0 Å². The van der Waals surface area contributed by atoms with Gasteiger partial charge in [-0.15, -0.1) is 0 Å². The zero-order valence-corrected chi connectivity index (χ0v) is 15.9. The van der Waals surface area contributed by atoms with E-state index in [0.29, 0.717) is 18.1 Å². The lowest BCUT2D eigenvalue weighted by Crippen LogP contribution is -2.52. The van der Waals surface area contributed by atoms with E-state index in [1.165, 1.54) is 0 Å². The van der Waals surface area contributed by atoms with E-state index in [1.807, 2.05) is 29.4 Å². The van der Waals surface area contributed by atoms with Crippen LogP contribution in [0.1, 0.15) is 26.2 Å². The summed E-state index contributed by atoms with van der Waals surface area (Å²) in [5.41, 5.74) is 0. The van der Waals surface area contributed by atoms with E-state index < -0.39 is 6.04 Å². The number of para-hydroxylation sites is 1. The minimum absolute atomic E-state index is 0.0358. The molecule has 1 saturated heterocycles. The van der Waals surface area contributed by atoms with Crippen molar-refractivity contribution in [2.75, 3.05) is 31.7 Å². The predicted molar refractivity (Wildman–Crippen MR) is 102 cm³/mol. The van der Waals surface area contributed by atoms with E-state index in [0.717, 1.165) is 31.7 Å². The summed E-state index contributed by atoms with van der Waals surface area (Å²) < 4.78 is 5.47. The topological polar surface area (TPSA) is 58.6 Å². The molecule has 6 heteroatoms. The second-order valence-corrected chi connectivity index (χ2v) is 7.52. The average Bonchev–Trinajstić information content (AvgIpc) is 2.63. The van der Waals surface area contributed by atoms with Crippen molar-refractivity contribution in [3.05, 3.63) is 30.3 Å². The van der Waals surface area contributed by atoms with Gasteiger partial charge in [-0.3, -0.25) is 9.59 Å². The smallest absolute Gasteiger partial charge is 0.258 e. The minimum Gasteiger partial charge on any atom is -0.484 e. The lowest BCUT2D eigenvalue weighted by atomic mass is 9.99. The summed E-state index contributed by atoms with van der Waals surface area (Å²) in [6, 6.07) is 8.75. The fourth-order valence-corrected chi connectivity index (χ4v) is 3.48. The number of carbonyl (C=O) groups is 2. The van der Waals surface area contributed by atoms with Crippen molar-refractivity contribution < 1.29 is 14.3 Å². The third-order valence-electron chi connectivity index (χ3n) is 4.33. The number of rotatable bonds is 8. The van der Waals surface area contributed by atoms with Crippen LogP contribution in [0.15, 0.2) is 30.3 Å². The fourth-order valence-electron chi connectivity index (χ4n) is 3.00. The second kappa shape index (κ2) is 10.3. The number of nitrogens with zero attached hydrogens (tertiary/aromatic N) is 1. The first-order chi connectivity index (χ1) is 12.1. The Morgan fingerprint density at radius 1 is 1.36 bits per heavy atom. The lowest BCUT2D eigenvalue weighted by Gasteiger charge is -2.33. The molecule has 138 valence electrons. The molecule has 2 atom stereocenters. The average molecular weight is 365 g/mol. The van der Waals surface area contributed by atoms with Crippen LogP contribution in [-0.4, -0.2) is 54.5 Å². The van der Waals surface area contributed by atoms with Crippen molar-refractivity contribution in [3.8, 4) is 5.75 Å². The van der Waals surface area contributed by atoms with Crippen LogP contribution in [0, 0.1) is 5.92 Å². The van der Waals surface area contributed by atoms with Gasteiger partial charge in [0.05, 0.1) is 0 Å². The van der Waals surface area contributed by atoms with Crippen molar-refractivity contribution in [3.63, 3.8) is 0 Å². The molecule has 1 heterocycles. The van der Waals surface area contributed by atoms with Gasteiger partial charge in [0, 0.05) is 13.1 Å². The van der Waals surface area contributed by atoms with Gasteiger partial charge in [-0.1, -0.05) is 25.1 Å². The van der Waals surface area contributed by atoms with Gasteiger partial charge in [-0.25, -0.2) is 0 Å². The Labute approximate surface area is 154 Å². The normalized spacial score (nSPS) is 18.5. The Balaban J connectivity index is 1.89. The Morgan fingerprint density at radius 3 is 2.80 bits per heavy atom. The van der Waals surface area contributed by atoms with Gasteiger partial charge in [0.1, 0.15) is 11.8 Å². The maximum atomic E-state index is 12.8. The summed E-state index contributed by atoms with van der Waals surface area (Å²) in [6.07, 6.45) is 4.84. The summed E-state index contributed by atoms with van der Waals surface area (Å²) in [4.78, 5) is 26.9. The van der Waals surface area contributed by atoms with Gasteiger partial charge in [-0.05, 0) is 49.3 Å². The van der Waals surface area contributed by atoms with Crippen LogP contribution in [0.5, 0.6) is 5.75 Å². The van der Waals surface area contributed by atoms with E-state index in [-0.39, 0.29) is 18.4 Å². The summed E-state index contributed by atoms with van der Waals surface area (Å²) in [5.74, 6) is 1.78. The minimum atomic E-state index is -0.468. The zero-order chi connectivity index (χ0) is 18.1. The number of amides is 2. The van der Waals surface area contributed by atoms with Gasteiger partial charge in [0.2, 0.25) is 5.91 Å². The number of carbonyl (C=O) groups excluding carboxylic acids is 2. The van der Waals surface area contributed by atoms with Crippen LogP contribution < -0.4 is 10.1 Å². The Bertz CT molecular complexity index is 553. The number of thioether (sulfide) groups is 1. The van der Waals surface area contributed by atoms with Crippen LogP contribution >= 0.6 is 11.8 Å². The maximum Gasteiger partial charge on any atom is 0.258 e. The molecule has 1 aliphatic rings. The van der Waals surface area contributed by atoms with E-state index >= 15 is 0 Å². The lowest BCUT2D eigenvalue weighted by molar-refractivity contribution is -0.138. The molecule has 0 unspecified atom stereocenters. The van der Waals surface area contributed by atoms with Crippen molar-refractivity contribution in [1.29, 1.82) is 0 Å². The first kappa shape index (κ1) is 19.6. The molecule has 1 aromatic carbocycles. The first-order valence-electron chi connectivity index (χ1n) is 8.85. The summed E-state index contributed by atoms with van der Waals surface area (Å²) in [7, 11) is 0. The third kappa shape index (κ3) is 6.61. The summed E-state index contributed by atoms with van der Waals surface area (Å²) in [6.45, 7) is 3.66. The highest BCUT2D eigenvalue weighted by Gasteiger charge is 2.28. The number of hydrogen-bond acceptors (Lipinski definition) is 4. The summed E-state index contributed by atoms with van der Waals surface area (Å²) in [5, 5.41) is 2.87. The second-order valence-electron chi connectivity index (χ2n) is 6.53. The Kier molecular flexibility index (Phi) is 8.12. The van der Waals surface area contributed by atoms with Gasteiger partial charge in [-0.2, -0.15) is 11.8 Å². The van der Waals surface area contributed by atoms with Crippen molar-refractivity contribution in [1.82, 2.24) is 10.2 Å². The monoisotopic (exact) mass is 364 g/mol. The molecule has 0 aromatic heterocycles. The van der Waals surface area contributed by atoms with Crippen LogP contribution in [0.2, 0.25) is 0 Å². The predicted octanol–water partition coefficient (Wildman–Crippen LogP) is 2.56. The molecule has 0 saturated carbocycles. The maximum absolute atomic E-state index is 12.8. The van der Waals surface area contributed by atoms with Crippen molar-refractivity contribution >= 4 is 23.6 Å². The van der Waals surface area contributed by atoms with Gasteiger partial charge >= 0.3 is 0 Å².